The van der Waals surface area contributed by atoms with E-state index in [1.807, 2.05) is 26.0 Å². The van der Waals surface area contributed by atoms with Crippen LogP contribution in [-0.4, -0.2) is 70.4 Å². The van der Waals surface area contributed by atoms with Crippen molar-refractivity contribution in [2.45, 2.75) is 44.7 Å². The van der Waals surface area contributed by atoms with Gasteiger partial charge >= 0.3 is 12.1 Å². The van der Waals surface area contributed by atoms with Gasteiger partial charge in [-0.1, -0.05) is 6.92 Å². The number of nitrogens with zero attached hydrogens (tertiary/aromatic N) is 4. The van der Waals surface area contributed by atoms with Gasteiger partial charge in [0.2, 0.25) is 0 Å². The third-order valence-corrected chi connectivity index (χ3v) is 5.80. The topological polar surface area (TPSA) is 85.8 Å². The second-order valence-corrected chi connectivity index (χ2v) is 7.39. The lowest BCUT2D eigenvalue weighted by molar-refractivity contribution is -0.134. The molecule has 1 aromatic heterocycles. The van der Waals surface area contributed by atoms with Gasteiger partial charge in [0.25, 0.3) is 5.91 Å². The Hall–Kier alpha value is -2.64. The van der Waals surface area contributed by atoms with Gasteiger partial charge in [-0.2, -0.15) is 0 Å². The third-order valence-electron chi connectivity index (χ3n) is 5.80. The molecule has 2 aliphatic heterocycles. The fourth-order valence-electron chi connectivity index (χ4n) is 3.96. The molecule has 0 aromatic carbocycles. The molecule has 0 radical (unpaired) electrons. The van der Waals surface area contributed by atoms with Crippen LogP contribution >= 0.6 is 0 Å². The zero-order valence-corrected chi connectivity index (χ0v) is 16.4. The molecule has 27 heavy (non-hydrogen) atoms. The summed E-state index contributed by atoms with van der Waals surface area (Å²) in [4.78, 5) is 46.2. The Labute approximate surface area is 159 Å². The number of likely N-dealkylation sites (tertiary alicyclic amines) is 1. The molecular weight excluding hydrogens is 346 g/mol. The Morgan fingerprint density at radius 3 is 2.48 bits per heavy atom. The lowest BCUT2D eigenvalue weighted by atomic mass is 9.86. The first kappa shape index (κ1) is 19.1. The molecule has 2 fully saturated rings. The summed E-state index contributed by atoms with van der Waals surface area (Å²) in [6, 6.07) is 3.31. The van der Waals surface area contributed by atoms with Crippen molar-refractivity contribution in [1.29, 1.82) is 0 Å². The summed E-state index contributed by atoms with van der Waals surface area (Å²) < 4.78 is 0. The van der Waals surface area contributed by atoms with Gasteiger partial charge in [0.1, 0.15) is 5.54 Å². The van der Waals surface area contributed by atoms with Crippen molar-refractivity contribution in [2.75, 3.05) is 27.2 Å². The average Bonchev–Trinajstić information content (AvgIpc) is 2.82. The molecule has 8 nitrogen and oxygen atoms in total. The highest BCUT2D eigenvalue weighted by Crippen LogP contribution is 2.35. The van der Waals surface area contributed by atoms with Gasteiger partial charge in [0.05, 0.1) is 11.7 Å². The number of hydrogen-bond acceptors (Lipinski definition) is 4. The van der Waals surface area contributed by atoms with E-state index in [1.165, 1.54) is 16.8 Å². The van der Waals surface area contributed by atoms with Crippen LogP contribution in [0.2, 0.25) is 0 Å². The third kappa shape index (κ3) is 3.24. The summed E-state index contributed by atoms with van der Waals surface area (Å²) in [5, 5.41) is 3.05. The predicted molar refractivity (Wildman–Crippen MR) is 100 cm³/mol. The number of urea groups is 2. The summed E-state index contributed by atoms with van der Waals surface area (Å²) in [6.07, 6.45) is 3.39. The van der Waals surface area contributed by atoms with Gasteiger partial charge in [-0.15, -0.1) is 0 Å². The number of piperidine rings is 1. The number of pyridine rings is 1. The Morgan fingerprint density at radius 2 is 1.96 bits per heavy atom. The van der Waals surface area contributed by atoms with Crippen molar-refractivity contribution in [3.63, 3.8) is 0 Å². The number of hydrogen-bond donors (Lipinski definition) is 1. The van der Waals surface area contributed by atoms with E-state index in [4.69, 9.17) is 0 Å². The van der Waals surface area contributed by atoms with Crippen LogP contribution in [0.5, 0.6) is 0 Å². The second-order valence-electron chi connectivity index (χ2n) is 7.39. The Bertz CT molecular complexity index is 757. The molecule has 1 spiro atoms. The summed E-state index contributed by atoms with van der Waals surface area (Å²) in [5.74, 6) is -0.176. The molecule has 146 valence electrons. The summed E-state index contributed by atoms with van der Waals surface area (Å²) in [5.41, 5.74) is 1.13. The second kappa shape index (κ2) is 7.17. The number of aryl methyl sites for hydroxylation is 1. The lowest BCUT2D eigenvalue weighted by Crippen LogP contribution is -2.57. The summed E-state index contributed by atoms with van der Waals surface area (Å²) >= 11 is 0. The van der Waals surface area contributed by atoms with Crippen molar-refractivity contribution < 1.29 is 14.4 Å². The molecule has 3 heterocycles. The summed E-state index contributed by atoms with van der Waals surface area (Å²) in [6.45, 7) is 4.87. The first-order valence-corrected chi connectivity index (χ1v) is 9.34. The number of nitrogens with one attached hydrogen (secondary N) is 1. The molecule has 5 amide bonds. The van der Waals surface area contributed by atoms with Crippen LogP contribution in [0, 0.1) is 6.92 Å². The SMILES string of the molecule is CCC(NC(=O)N1CCC2(CC1)C(=O)N(C)C(=O)N2C)c1cc(C)ccn1. The van der Waals surface area contributed by atoms with E-state index in [0.717, 1.165) is 17.7 Å². The highest BCUT2D eigenvalue weighted by Gasteiger charge is 2.55. The molecule has 2 aliphatic rings. The zero-order chi connectivity index (χ0) is 19.8. The van der Waals surface area contributed by atoms with E-state index in [2.05, 4.69) is 10.3 Å². The summed E-state index contributed by atoms with van der Waals surface area (Å²) in [7, 11) is 3.17. The largest absolute Gasteiger partial charge is 0.330 e. The molecule has 1 unspecified atom stereocenters. The smallest absolute Gasteiger partial charge is 0.327 e. The van der Waals surface area contributed by atoms with Crippen LogP contribution < -0.4 is 5.32 Å². The van der Waals surface area contributed by atoms with Gasteiger partial charge in [0.15, 0.2) is 0 Å². The highest BCUT2D eigenvalue weighted by molar-refractivity contribution is 6.06. The fourth-order valence-corrected chi connectivity index (χ4v) is 3.96. The van der Waals surface area contributed by atoms with Crippen LogP contribution in [-0.2, 0) is 4.79 Å². The molecule has 3 rings (SSSR count). The monoisotopic (exact) mass is 373 g/mol. The molecule has 1 atom stereocenters. The van der Waals surface area contributed by atoms with Gasteiger partial charge in [0, 0.05) is 33.4 Å². The maximum absolute atomic E-state index is 12.7. The van der Waals surface area contributed by atoms with Gasteiger partial charge in [-0.05, 0) is 43.9 Å². The minimum absolute atomic E-state index is 0.156. The fraction of sp³-hybridized carbons (Fsp3) is 0.579. The number of carbonyl (C=O) groups is 3. The maximum atomic E-state index is 12.7. The van der Waals surface area contributed by atoms with Crippen molar-refractivity contribution in [3.05, 3.63) is 29.6 Å². The number of carbonyl (C=O) groups excluding carboxylic acids is 3. The molecule has 8 heteroatoms. The number of imide groups is 1. The van der Waals surface area contributed by atoms with E-state index in [-0.39, 0.29) is 24.0 Å². The van der Waals surface area contributed by atoms with Gasteiger partial charge in [-0.3, -0.25) is 14.7 Å². The van der Waals surface area contributed by atoms with Gasteiger partial charge in [-0.25, -0.2) is 9.59 Å². The number of likely N-dealkylation sites (N-methyl/N-ethyl adjacent to an activating group) is 2. The maximum Gasteiger partial charge on any atom is 0.327 e. The average molecular weight is 373 g/mol. The highest BCUT2D eigenvalue weighted by atomic mass is 16.2. The standard InChI is InChI=1S/C19H27N5O3/c1-5-14(15-12-13(2)6-9-20-15)21-17(26)24-10-7-19(8-11-24)16(25)22(3)18(27)23(19)4/h6,9,12,14H,5,7-8,10-11H2,1-4H3,(H,21,26). The van der Waals surface area contributed by atoms with E-state index in [1.54, 1.807) is 18.1 Å². The van der Waals surface area contributed by atoms with Crippen LogP contribution in [0.25, 0.3) is 0 Å². The molecule has 1 N–H and O–H groups in total. The van der Waals surface area contributed by atoms with Crippen molar-refractivity contribution in [3.8, 4) is 0 Å². The van der Waals surface area contributed by atoms with E-state index in [9.17, 15) is 14.4 Å². The minimum atomic E-state index is -0.815. The molecule has 0 saturated carbocycles. The predicted octanol–water partition coefficient (Wildman–Crippen LogP) is 1.91. The number of aromatic nitrogens is 1. The van der Waals surface area contributed by atoms with Crippen LogP contribution in [0.15, 0.2) is 18.3 Å². The van der Waals surface area contributed by atoms with Crippen molar-refractivity contribution in [2.24, 2.45) is 0 Å². The van der Waals surface area contributed by atoms with Crippen molar-refractivity contribution >= 4 is 18.0 Å². The lowest BCUT2D eigenvalue weighted by Gasteiger charge is -2.41. The van der Waals surface area contributed by atoms with Crippen molar-refractivity contribution in [1.82, 2.24) is 25.0 Å². The molecule has 2 saturated heterocycles. The quantitative estimate of drug-likeness (QED) is 0.820. The van der Waals surface area contributed by atoms with Crippen LogP contribution in [0.4, 0.5) is 9.59 Å². The molecular formula is C19H27N5O3. The van der Waals surface area contributed by atoms with E-state index >= 15 is 0 Å². The van der Waals surface area contributed by atoms with Gasteiger partial charge < -0.3 is 15.1 Å². The van der Waals surface area contributed by atoms with E-state index < -0.39 is 5.54 Å². The number of amides is 5. The number of rotatable bonds is 3. The Balaban J connectivity index is 1.65. The first-order valence-electron chi connectivity index (χ1n) is 9.34. The Morgan fingerprint density at radius 1 is 1.30 bits per heavy atom. The Kier molecular flexibility index (Phi) is 5.08. The van der Waals surface area contributed by atoms with E-state index in [0.29, 0.717) is 25.9 Å². The normalized spacial score (nSPS) is 20.4. The molecule has 1 aromatic rings. The minimum Gasteiger partial charge on any atom is -0.330 e. The van der Waals surface area contributed by atoms with Crippen LogP contribution in [0.3, 0.4) is 0 Å². The first-order chi connectivity index (χ1) is 12.8. The zero-order valence-electron chi connectivity index (χ0n) is 16.4. The van der Waals surface area contributed by atoms with Crippen LogP contribution in [0.1, 0.15) is 43.5 Å². The molecule has 0 aliphatic carbocycles. The molecule has 0 bridgehead atoms.